The van der Waals surface area contributed by atoms with Gasteiger partial charge >= 0.3 is 0 Å². The Morgan fingerprint density at radius 2 is 2.35 bits per heavy atom. The van der Waals surface area contributed by atoms with Gasteiger partial charge in [0, 0.05) is 24.9 Å². The molecule has 0 bridgehead atoms. The molecule has 6 nitrogen and oxygen atoms in total. The summed E-state index contributed by atoms with van der Waals surface area (Å²) in [4.78, 5) is 15.6. The molecule has 1 aromatic rings. The standard InChI is InChI=1S/C11H16N4O2/c1-8-4-5-9(7-14-8)11(16)13-6-2-3-10(12)15-17/h4-5,7,17H,2-3,6H2,1H3,(H2,12,15)(H,13,16). The molecule has 0 unspecified atom stereocenters. The Labute approximate surface area is 99.5 Å². The van der Waals surface area contributed by atoms with Crippen LogP contribution < -0.4 is 11.1 Å². The smallest absolute Gasteiger partial charge is 0.252 e. The van der Waals surface area contributed by atoms with Crippen LogP contribution in [0.1, 0.15) is 28.9 Å². The van der Waals surface area contributed by atoms with Gasteiger partial charge in [0.1, 0.15) is 5.84 Å². The number of rotatable bonds is 5. The van der Waals surface area contributed by atoms with Gasteiger partial charge in [-0.1, -0.05) is 5.16 Å². The molecule has 0 radical (unpaired) electrons. The zero-order chi connectivity index (χ0) is 12.7. The van der Waals surface area contributed by atoms with Crippen LogP contribution in [0.3, 0.4) is 0 Å². The Bertz CT molecular complexity index is 400. The van der Waals surface area contributed by atoms with E-state index in [4.69, 9.17) is 10.9 Å². The van der Waals surface area contributed by atoms with Gasteiger partial charge in [0.05, 0.1) is 5.56 Å². The topological polar surface area (TPSA) is 101 Å². The number of oxime groups is 1. The molecule has 0 saturated carbocycles. The Balaban J connectivity index is 2.33. The maximum absolute atomic E-state index is 11.6. The van der Waals surface area contributed by atoms with Crippen LogP contribution in [0.5, 0.6) is 0 Å². The molecule has 1 amide bonds. The van der Waals surface area contributed by atoms with Crippen LogP contribution in [0, 0.1) is 6.92 Å². The van der Waals surface area contributed by atoms with Crippen molar-refractivity contribution in [1.82, 2.24) is 10.3 Å². The van der Waals surface area contributed by atoms with Crippen LogP contribution >= 0.6 is 0 Å². The molecule has 0 aromatic carbocycles. The molecule has 4 N–H and O–H groups in total. The van der Waals surface area contributed by atoms with Crippen LogP contribution in [-0.4, -0.2) is 28.5 Å². The summed E-state index contributed by atoms with van der Waals surface area (Å²) in [6.45, 7) is 2.33. The Morgan fingerprint density at radius 1 is 1.59 bits per heavy atom. The highest BCUT2D eigenvalue weighted by molar-refractivity contribution is 5.93. The number of aromatic nitrogens is 1. The molecule has 0 fully saturated rings. The summed E-state index contributed by atoms with van der Waals surface area (Å²) in [5, 5.41) is 13.9. The van der Waals surface area contributed by atoms with Gasteiger partial charge in [-0.15, -0.1) is 0 Å². The highest BCUT2D eigenvalue weighted by Crippen LogP contribution is 1.99. The van der Waals surface area contributed by atoms with Crippen molar-refractivity contribution in [3.8, 4) is 0 Å². The number of pyridine rings is 1. The zero-order valence-corrected chi connectivity index (χ0v) is 9.68. The van der Waals surface area contributed by atoms with Crippen molar-refractivity contribution < 1.29 is 10.0 Å². The monoisotopic (exact) mass is 236 g/mol. The summed E-state index contributed by atoms with van der Waals surface area (Å²) in [6, 6.07) is 3.51. The van der Waals surface area contributed by atoms with E-state index >= 15 is 0 Å². The normalized spacial score (nSPS) is 11.2. The van der Waals surface area contributed by atoms with Gasteiger partial charge in [-0.05, 0) is 25.5 Å². The van der Waals surface area contributed by atoms with Crippen molar-refractivity contribution in [2.24, 2.45) is 10.9 Å². The van der Waals surface area contributed by atoms with E-state index in [0.29, 0.717) is 24.9 Å². The summed E-state index contributed by atoms with van der Waals surface area (Å²) < 4.78 is 0. The van der Waals surface area contributed by atoms with Gasteiger partial charge in [-0.2, -0.15) is 0 Å². The van der Waals surface area contributed by atoms with Crippen molar-refractivity contribution in [3.63, 3.8) is 0 Å². The molecule has 0 atom stereocenters. The first-order valence-electron chi connectivity index (χ1n) is 5.30. The molecular formula is C11H16N4O2. The van der Waals surface area contributed by atoms with Gasteiger partial charge in [-0.3, -0.25) is 9.78 Å². The highest BCUT2D eigenvalue weighted by Gasteiger charge is 2.04. The lowest BCUT2D eigenvalue weighted by Gasteiger charge is -2.04. The number of carbonyl (C=O) groups excluding carboxylic acids is 1. The molecule has 17 heavy (non-hydrogen) atoms. The number of aryl methyl sites for hydroxylation is 1. The van der Waals surface area contributed by atoms with Gasteiger partial charge < -0.3 is 16.3 Å². The number of nitrogens with zero attached hydrogens (tertiary/aromatic N) is 2. The fourth-order valence-electron chi connectivity index (χ4n) is 1.23. The summed E-state index contributed by atoms with van der Waals surface area (Å²) in [6.07, 6.45) is 2.61. The molecule has 0 saturated heterocycles. The fourth-order valence-corrected chi connectivity index (χ4v) is 1.23. The van der Waals surface area contributed by atoms with Crippen LogP contribution in [-0.2, 0) is 0 Å². The second-order valence-corrected chi connectivity index (χ2v) is 3.64. The van der Waals surface area contributed by atoms with E-state index in [9.17, 15) is 4.79 Å². The maximum Gasteiger partial charge on any atom is 0.252 e. The number of carbonyl (C=O) groups is 1. The minimum atomic E-state index is -0.169. The number of nitrogens with two attached hydrogens (primary N) is 1. The summed E-state index contributed by atoms with van der Waals surface area (Å²) in [7, 11) is 0. The van der Waals surface area contributed by atoms with E-state index in [-0.39, 0.29) is 11.7 Å². The molecular weight excluding hydrogens is 220 g/mol. The van der Waals surface area contributed by atoms with Crippen molar-refractivity contribution in [2.45, 2.75) is 19.8 Å². The second-order valence-electron chi connectivity index (χ2n) is 3.64. The highest BCUT2D eigenvalue weighted by atomic mass is 16.4. The SMILES string of the molecule is Cc1ccc(C(=O)NCCC/C(N)=N/O)cn1. The van der Waals surface area contributed by atoms with Crippen molar-refractivity contribution in [1.29, 1.82) is 0 Å². The quantitative estimate of drug-likeness (QED) is 0.230. The van der Waals surface area contributed by atoms with Gasteiger partial charge in [0.2, 0.25) is 0 Å². The average Bonchev–Trinajstić information content (AvgIpc) is 2.34. The third kappa shape index (κ3) is 4.50. The molecule has 0 aliphatic rings. The minimum Gasteiger partial charge on any atom is -0.409 e. The van der Waals surface area contributed by atoms with E-state index < -0.39 is 0 Å². The van der Waals surface area contributed by atoms with E-state index in [1.165, 1.54) is 6.20 Å². The van der Waals surface area contributed by atoms with Gasteiger partial charge in [0.25, 0.3) is 5.91 Å². The number of amidine groups is 1. The first kappa shape index (κ1) is 13.0. The molecule has 1 aromatic heterocycles. The summed E-state index contributed by atoms with van der Waals surface area (Å²) in [5.41, 5.74) is 6.69. The Hall–Kier alpha value is -2.11. The zero-order valence-electron chi connectivity index (χ0n) is 9.68. The Morgan fingerprint density at radius 3 is 2.94 bits per heavy atom. The van der Waals surface area contributed by atoms with Gasteiger partial charge in [0.15, 0.2) is 0 Å². The molecule has 92 valence electrons. The lowest BCUT2D eigenvalue weighted by molar-refractivity contribution is 0.0953. The maximum atomic E-state index is 11.6. The number of hydrogen-bond donors (Lipinski definition) is 3. The Kier molecular flexibility index (Phi) is 4.93. The van der Waals surface area contributed by atoms with E-state index in [2.05, 4.69) is 15.5 Å². The van der Waals surface area contributed by atoms with Crippen LogP contribution in [0.15, 0.2) is 23.5 Å². The lowest BCUT2D eigenvalue weighted by Crippen LogP contribution is -2.25. The van der Waals surface area contributed by atoms with E-state index in [0.717, 1.165) is 5.69 Å². The van der Waals surface area contributed by atoms with E-state index in [1.54, 1.807) is 12.1 Å². The summed E-state index contributed by atoms with van der Waals surface area (Å²) in [5.74, 6) is -0.00624. The number of nitrogens with one attached hydrogen (secondary N) is 1. The predicted molar refractivity (Wildman–Crippen MR) is 64.0 cm³/mol. The lowest BCUT2D eigenvalue weighted by atomic mass is 10.2. The largest absolute Gasteiger partial charge is 0.409 e. The number of amides is 1. The second kappa shape index (κ2) is 6.47. The molecule has 6 heteroatoms. The molecule has 0 aliphatic heterocycles. The number of hydrogen-bond acceptors (Lipinski definition) is 4. The van der Waals surface area contributed by atoms with E-state index in [1.807, 2.05) is 6.92 Å². The molecule has 1 heterocycles. The third-order valence-corrected chi connectivity index (χ3v) is 2.20. The van der Waals surface area contributed by atoms with Crippen molar-refractivity contribution >= 4 is 11.7 Å². The van der Waals surface area contributed by atoms with Crippen LogP contribution in [0.2, 0.25) is 0 Å². The molecule has 0 spiro atoms. The molecule has 1 rings (SSSR count). The summed E-state index contributed by atoms with van der Waals surface area (Å²) >= 11 is 0. The minimum absolute atomic E-state index is 0.163. The molecule has 0 aliphatic carbocycles. The first-order valence-corrected chi connectivity index (χ1v) is 5.30. The van der Waals surface area contributed by atoms with Crippen LogP contribution in [0.25, 0.3) is 0 Å². The van der Waals surface area contributed by atoms with Crippen LogP contribution in [0.4, 0.5) is 0 Å². The average molecular weight is 236 g/mol. The van der Waals surface area contributed by atoms with Gasteiger partial charge in [-0.25, -0.2) is 0 Å². The predicted octanol–water partition coefficient (Wildman–Crippen LogP) is 0.646. The fraction of sp³-hybridized carbons (Fsp3) is 0.364. The van der Waals surface area contributed by atoms with Crippen molar-refractivity contribution in [3.05, 3.63) is 29.6 Å². The first-order chi connectivity index (χ1) is 8.13. The third-order valence-electron chi connectivity index (χ3n) is 2.20. The van der Waals surface area contributed by atoms with Crippen molar-refractivity contribution in [2.75, 3.05) is 6.54 Å².